The Balaban J connectivity index is 1.86. The van der Waals surface area contributed by atoms with Gasteiger partial charge in [-0.15, -0.1) is 0 Å². The van der Waals surface area contributed by atoms with E-state index in [-0.39, 0.29) is 0 Å². The third-order valence-corrected chi connectivity index (χ3v) is 4.96. The van der Waals surface area contributed by atoms with Crippen molar-refractivity contribution in [3.05, 3.63) is 17.7 Å². The van der Waals surface area contributed by atoms with Gasteiger partial charge < -0.3 is 19.3 Å². The maximum atomic E-state index is 5.67. The summed E-state index contributed by atoms with van der Waals surface area (Å²) in [6.45, 7) is 6.94. The number of likely N-dealkylation sites (tertiary alicyclic amines) is 1. The first kappa shape index (κ1) is 14.5. The van der Waals surface area contributed by atoms with Crippen LogP contribution in [0.5, 0.6) is 11.5 Å². The number of hydrogen-bond acceptors (Lipinski definition) is 4. The predicted molar refractivity (Wildman–Crippen MR) is 85.7 cm³/mol. The van der Waals surface area contributed by atoms with E-state index in [4.69, 9.17) is 9.47 Å². The van der Waals surface area contributed by atoms with Crippen molar-refractivity contribution in [2.24, 2.45) is 0 Å². The minimum Gasteiger partial charge on any atom is -0.493 e. The van der Waals surface area contributed by atoms with Crippen LogP contribution in [0.1, 0.15) is 25.3 Å². The minimum absolute atomic E-state index is 0.634. The highest BCUT2D eigenvalue weighted by Gasteiger charge is 2.32. The molecule has 0 unspecified atom stereocenters. The van der Waals surface area contributed by atoms with E-state index < -0.39 is 0 Å². The van der Waals surface area contributed by atoms with Crippen molar-refractivity contribution in [3.63, 3.8) is 0 Å². The van der Waals surface area contributed by atoms with Gasteiger partial charge >= 0.3 is 0 Å². The summed E-state index contributed by atoms with van der Waals surface area (Å²) in [5.41, 5.74) is 2.66. The molecule has 0 atom stereocenters. The second-order valence-corrected chi connectivity index (χ2v) is 5.92. The second kappa shape index (κ2) is 6.14. The molecule has 0 bridgehead atoms. The summed E-state index contributed by atoms with van der Waals surface area (Å²) in [7, 11) is 3.46. The fraction of sp³-hybridized carbons (Fsp3) is 0.647. The van der Waals surface area contributed by atoms with Crippen LogP contribution in [0.25, 0.3) is 0 Å². The fourth-order valence-electron chi connectivity index (χ4n) is 3.73. The third-order valence-electron chi connectivity index (χ3n) is 4.96. The molecule has 0 aliphatic carbocycles. The molecule has 2 aliphatic heterocycles. The van der Waals surface area contributed by atoms with Crippen LogP contribution >= 0.6 is 0 Å². The van der Waals surface area contributed by atoms with Crippen molar-refractivity contribution in [3.8, 4) is 11.5 Å². The van der Waals surface area contributed by atoms with Gasteiger partial charge in [-0.05, 0) is 37.4 Å². The van der Waals surface area contributed by atoms with E-state index >= 15 is 0 Å². The van der Waals surface area contributed by atoms with Crippen molar-refractivity contribution in [1.29, 1.82) is 0 Å². The third kappa shape index (κ3) is 2.57. The average molecular weight is 290 g/mol. The minimum atomic E-state index is 0.634. The van der Waals surface area contributed by atoms with Gasteiger partial charge in [-0.25, -0.2) is 0 Å². The number of piperidine rings is 1. The number of ether oxygens (including phenoxy) is 2. The Hall–Kier alpha value is -1.42. The summed E-state index contributed by atoms with van der Waals surface area (Å²) in [6, 6.07) is 4.86. The molecule has 4 heteroatoms. The highest BCUT2D eigenvalue weighted by atomic mass is 16.5. The SMILES string of the molecule is CCN1CCC(N2CCc3ccc(OC)c(OC)c32)CC1. The molecule has 0 saturated carbocycles. The molecule has 2 aliphatic rings. The molecule has 1 aromatic rings. The first-order valence-electron chi connectivity index (χ1n) is 8.01. The van der Waals surface area contributed by atoms with Crippen LogP contribution in [-0.4, -0.2) is 51.3 Å². The molecule has 0 radical (unpaired) electrons. The Kier molecular flexibility index (Phi) is 4.24. The van der Waals surface area contributed by atoms with Gasteiger partial charge in [0.25, 0.3) is 0 Å². The number of fused-ring (bicyclic) bond motifs is 1. The zero-order valence-corrected chi connectivity index (χ0v) is 13.4. The van der Waals surface area contributed by atoms with Gasteiger partial charge in [0.05, 0.1) is 19.9 Å². The molecule has 1 saturated heterocycles. The van der Waals surface area contributed by atoms with E-state index in [0.717, 1.165) is 24.5 Å². The van der Waals surface area contributed by atoms with Crippen LogP contribution in [0.3, 0.4) is 0 Å². The summed E-state index contributed by atoms with van der Waals surface area (Å²) in [5, 5.41) is 0. The van der Waals surface area contributed by atoms with E-state index in [1.165, 1.54) is 43.7 Å². The molecule has 0 amide bonds. The Bertz CT molecular complexity index is 496. The molecule has 0 N–H and O–H groups in total. The molecule has 0 spiro atoms. The van der Waals surface area contributed by atoms with E-state index in [1.807, 2.05) is 6.07 Å². The lowest BCUT2D eigenvalue weighted by molar-refractivity contribution is 0.219. The van der Waals surface area contributed by atoms with Gasteiger partial charge in [0.1, 0.15) is 0 Å². The van der Waals surface area contributed by atoms with Crippen LogP contribution in [0.15, 0.2) is 12.1 Å². The lowest BCUT2D eigenvalue weighted by Crippen LogP contribution is -2.44. The molecular formula is C17H26N2O2. The Morgan fingerprint density at radius 3 is 2.48 bits per heavy atom. The summed E-state index contributed by atoms with van der Waals surface area (Å²) >= 11 is 0. The van der Waals surface area contributed by atoms with Gasteiger partial charge in [-0.3, -0.25) is 0 Å². The highest BCUT2D eigenvalue weighted by Crippen LogP contribution is 2.45. The first-order chi connectivity index (χ1) is 10.3. The number of nitrogens with zero attached hydrogens (tertiary/aromatic N) is 2. The summed E-state index contributed by atoms with van der Waals surface area (Å²) in [6.07, 6.45) is 3.60. The monoisotopic (exact) mass is 290 g/mol. The number of methoxy groups -OCH3 is 2. The lowest BCUT2D eigenvalue weighted by atomic mass is 10.0. The van der Waals surface area contributed by atoms with Gasteiger partial charge in [-0.2, -0.15) is 0 Å². The predicted octanol–water partition coefficient (Wildman–Crippen LogP) is 2.55. The van der Waals surface area contributed by atoms with Crippen molar-refractivity contribution in [2.45, 2.75) is 32.2 Å². The van der Waals surface area contributed by atoms with E-state index in [0.29, 0.717) is 6.04 Å². The van der Waals surface area contributed by atoms with E-state index in [2.05, 4.69) is 22.8 Å². The average Bonchev–Trinajstić information content (AvgIpc) is 2.98. The van der Waals surface area contributed by atoms with Gasteiger partial charge in [0.2, 0.25) is 0 Å². The molecule has 2 heterocycles. The lowest BCUT2D eigenvalue weighted by Gasteiger charge is -2.38. The molecule has 0 aromatic heterocycles. The van der Waals surface area contributed by atoms with E-state index in [1.54, 1.807) is 14.2 Å². The molecule has 21 heavy (non-hydrogen) atoms. The summed E-state index contributed by atoms with van der Waals surface area (Å²) < 4.78 is 11.1. The topological polar surface area (TPSA) is 24.9 Å². The molecule has 3 rings (SSSR count). The maximum absolute atomic E-state index is 5.67. The quantitative estimate of drug-likeness (QED) is 0.851. The smallest absolute Gasteiger partial charge is 0.184 e. The summed E-state index contributed by atoms with van der Waals surface area (Å²) in [4.78, 5) is 5.10. The van der Waals surface area contributed by atoms with Crippen LogP contribution in [0, 0.1) is 0 Å². The molecule has 1 fully saturated rings. The van der Waals surface area contributed by atoms with Crippen molar-refractivity contribution >= 4 is 5.69 Å². The maximum Gasteiger partial charge on any atom is 0.184 e. The van der Waals surface area contributed by atoms with Gasteiger partial charge in [0, 0.05) is 25.7 Å². The van der Waals surface area contributed by atoms with Gasteiger partial charge in [-0.1, -0.05) is 13.0 Å². The highest BCUT2D eigenvalue weighted by molar-refractivity contribution is 5.72. The largest absolute Gasteiger partial charge is 0.493 e. The van der Waals surface area contributed by atoms with Gasteiger partial charge in [0.15, 0.2) is 11.5 Å². The van der Waals surface area contributed by atoms with Crippen molar-refractivity contribution < 1.29 is 9.47 Å². The van der Waals surface area contributed by atoms with Crippen LogP contribution in [0.2, 0.25) is 0 Å². The fourth-order valence-corrected chi connectivity index (χ4v) is 3.73. The van der Waals surface area contributed by atoms with Crippen LogP contribution in [0.4, 0.5) is 5.69 Å². The zero-order chi connectivity index (χ0) is 14.8. The second-order valence-electron chi connectivity index (χ2n) is 5.92. The van der Waals surface area contributed by atoms with Crippen LogP contribution in [-0.2, 0) is 6.42 Å². The Morgan fingerprint density at radius 1 is 1.10 bits per heavy atom. The molecule has 1 aromatic carbocycles. The molecule has 4 nitrogen and oxygen atoms in total. The standard InChI is InChI=1S/C17H26N2O2/c1-4-18-10-8-14(9-11-18)19-12-7-13-5-6-15(20-2)17(21-3)16(13)19/h5-6,14H,4,7-12H2,1-3H3. The first-order valence-corrected chi connectivity index (χ1v) is 8.01. The zero-order valence-electron chi connectivity index (χ0n) is 13.4. The molecule has 116 valence electrons. The number of anilines is 1. The van der Waals surface area contributed by atoms with Crippen molar-refractivity contribution in [2.75, 3.05) is 45.3 Å². The van der Waals surface area contributed by atoms with E-state index in [9.17, 15) is 0 Å². The van der Waals surface area contributed by atoms with Crippen molar-refractivity contribution in [1.82, 2.24) is 4.90 Å². The number of rotatable bonds is 4. The summed E-state index contributed by atoms with van der Waals surface area (Å²) in [5.74, 6) is 1.75. The number of hydrogen-bond donors (Lipinski definition) is 0. The Labute approximate surface area is 127 Å². The normalized spacial score (nSPS) is 19.7. The Morgan fingerprint density at radius 2 is 1.86 bits per heavy atom. The number of benzene rings is 1. The van der Waals surface area contributed by atoms with Crippen LogP contribution < -0.4 is 14.4 Å². The molecular weight excluding hydrogens is 264 g/mol.